The first kappa shape index (κ1) is 25.0. The van der Waals surface area contributed by atoms with E-state index in [-0.39, 0.29) is 12.8 Å². The number of nitrogens with zero attached hydrogens (tertiary/aromatic N) is 1. The molecule has 1 aliphatic rings. The van der Waals surface area contributed by atoms with Crippen molar-refractivity contribution < 1.29 is 37.7 Å². The Balaban J connectivity index is 1.63. The van der Waals surface area contributed by atoms with Crippen molar-refractivity contribution in [1.29, 1.82) is 0 Å². The number of ether oxygens (including phenoxy) is 2. The van der Waals surface area contributed by atoms with Gasteiger partial charge in [0.25, 0.3) is 5.56 Å². The number of carbonyl (C=O) groups excluding carboxylic acids is 1. The Morgan fingerprint density at radius 2 is 2.09 bits per heavy atom. The minimum atomic E-state index is -4.57. The molecule has 180 valence electrons. The molecule has 0 aliphatic carbocycles. The van der Waals surface area contributed by atoms with Gasteiger partial charge in [-0.05, 0) is 12.0 Å². The summed E-state index contributed by atoms with van der Waals surface area (Å²) < 4.78 is 41.9. The molecule has 3 rings (SSSR count). The number of esters is 1. The predicted molar refractivity (Wildman–Crippen MR) is 111 cm³/mol. The van der Waals surface area contributed by atoms with Crippen LogP contribution in [0.1, 0.15) is 18.2 Å². The lowest BCUT2D eigenvalue weighted by atomic mass is 10.1. The van der Waals surface area contributed by atoms with Gasteiger partial charge in [0.15, 0.2) is 0 Å². The highest BCUT2D eigenvalue weighted by atomic mass is 31.2. The molecular weight excluding hydrogens is 464 g/mol. The van der Waals surface area contributed by atoms with Gasteiger partial charge in [0.1, 0.15) is 18.4 Å². The summed E-state index contributed by atoms with van der Waals surface area (Å²) in [5.41, 5.74) is -1.44. The Hall–Kier alpha value is -2.67. The smallest absolute Gasteiger partial charge is 0.403 e. The summed E-state index contributed by atoms with van der Waals surface area (Å²) in [5.74, 6) is -2.00. The number of aromatic nitrogens is 2. The van der Waals surface area contributed by atoms with Gasteiger partial charge in [0.2, 0.25) is 5.82 Å². The summed E-state index contributed by atoms with van der Waals surface area (Å²) in [6.07, 6.45) is -2.99. The van der Waals surface area contributed by atoms with Gasteiger partial charge in [-0.1, -0.05) is 30.3 Å². The molecule has 1 aromatic heterocycles. The van der Waals surface area contributed by atoms with Crippen molar-refractivity contribution in [3.8, 4) is 0 Å². The van der Waals surface area contributed by atoms with Gasteiger partial charge in [0.05, 0.1) is 26.0 Å². The van der Waals surface area contributed by atoms with Crippen LogP contribution in [0.15, 0.2) is 46.1 Å². The average molecular weight is 487 g/mol. The van der Waals surface area contributed by atoms with E-state index >= 15 is 0 Å². The molecule has 2 aromatic rings. The zero-order chi connectivity index (χ0) is 24.2. The number of aliphatic hydroxyl groups excluding tert-OH is 1. The van der Waals surface area contributed by atoms with Gasteiger partial charge >= 0.3 is 19.4 Å². The predicted octanol–water partition coefficient (Wildman–Crippen LogP) is -0.185. The number of halogens is 1. The largest absolute Gasteiger partial charge is 0.468 e. The Morgan fingerprint density at radius 3 is 2.76 bits per heavy atom. The summed E-state index contributed by atoms with van der Waals surface area (Å²) in [7, 11) is -3.43. The monoisotopic (exact) mass is 487 g/mol. The molecule has 1 aromatic carbocycles. The van der Waals surface area contributed by atoms with Gasteiger partial charge in [-0.25, -0.2) is 14.4 Å². The first-order valence-electron chi connectivity index (χ1n) is 9.81. The van der Waals surface area contributed by atoms with E-state index in [0.717, 1.165) is 11.7 Å². The van der Waals surface area contributed by atoms with Crippen LogP contribution in [0.5, 0.6) is 0 Å². The molecular formula is C19H23FN3O9P. The molecule has 1 saturated heterocycles. The van der Waals surface area contributed by atoms with E-state index in [1.807, 2.05) is 0 Å². The third kappa shape index (κ3) is 6.44. The highest BCUT2D eigenvalue weighted by molar-refractivity contribution is 7.50. The molecule has 2 heterocycles. The zero-order valence-corrected chi connectivity index (χ0v) is 18.3. The van der Waals surface area contributed by atoms with E-state index in [1.165, 1.54) is 0 Å². The standard InChI is InChI=1S/C19H23FN3O9P/c1-30-18(26)13(7-11-5-3-2-4-6-11)22-33(28,29)31-10-15-14(24)8-16(32-15)23-9-12(20)17(25)21-19(23)27/h2-6,9,13-16,24H,7-8,10H2,1H3,(H,21,25,27)(H2,22,28,29)/t13-,14-,15+,16+/m0/s1. The van der Waals surface area contributed by atoms with Crippen molar-refractivity contribution in [2.45, 2.75) is 37.3 Å². The van der Waals surface area contributed by atoms with E-state index < -0.39 is 61.9 Å². The molecule has 33 heavy (non-hydrogen) atoms. The Bertz CT molecular complexity index is 1140. The molecule has 1 aliphatic heterocycles. The van der Waals surface area contributed by atoms with Crippen LogP contribution in [-0.4, -0.2) is 57.5 Å². The minimum absolute atomic E-state index is 0.0484. The number of aromatic amines is 1. The molecule has 1 unspecified atom stereocenters. The molecule has 1 fully saturated rings. The van der Waals surface area contributed by atoms with Crippen LogP contribution in [0.3, 0.4) is 0 Å². The van der Waals surface area contributed by atoms with Crippen LogP contribution >= 0.6 is 7.75 Å². The molecule has 14 heteroatoms. The van der Waals surface area contributed by atoms with E-state index in [2.05, 4.69) is 9.82 Å². The molecule has 0 amide bonds. The summed E-state index contributed by atoms with van der Waals surface area (Å²) in [6.45, 7) is -0.585. The zero-order valence-electron chi connectivity index (χ0n) is 17.4. The van der Waals surface area contributed by atoms with Gasteiger partial charge in [-0.2, -0.15) is 4.39 Å². The molecule has 0 spiro atoms. The maximum Gasteiger partial charge on any atom is 0.403 e. The number of H-pyrrole nitrogens is 1. The van der Waals surface area contributed by atoms with Gasteiger partial charge in [-0.3, -0.25) is 23.7 Å². The fraction of sp³-hybridized carbons (Fsp3) is 0.421. The van der Waals surface area contributed by atoms with E-state index in [4.69, 9.17) is 9.26 Å². The summed E-state index contributed by atoms with van der Waals surface area (Å²) in [5, 5.41) is 12.4. The fourth-order valence-corrected chi connectivity index (χ4v) is 4.31. The Labute approximate surface area is 186 Å². The third-order valence-corrected chi connectivity index (χ3v) is 6.08. The Kier molecular flexibility index (Phi) is 7.95. The van der Waals surface area contributed by atoms with Gasteiger partial charge in [0, 0.05) is 6.42 Å². The maximum atomic E-state index is 13.5. The van der Waals surface area contributed by atoms with Crippen molar-refractivity contribution in [2.24, 2.45) is 0 Å². The molecule has 12 nitrogen and oxygen atoms in total. The van der Waals surface area contributed by atoms with Crippen LogP contribution in [0, 0.1) is 5.82 Å². The average Bonchev–Trinajstić information content (AvgIpc) is 3.14. The highest BCUT2D eigenvalue weighted by Gasteiger charge is 2.38. The maximum absolute atomic E-state index is 13.5. The number of methoxy groups -OCH3 is 1. The summed E-state index contributed by atoms with van der Waals surface area (Å²) >= 11 is 0. The van der Waals surface area contributed by atoms with Crippen LogP contribution in [-0.2, 0) is 29.8 Å². The third-order valence-electron chi connectivity index (χ3n) is 4.94. The van der Waals surface area contributed by atoms with Crippen LogP contribution in [0.2, 0.25) is 0 Å². The topological polar surface area (TPSA) is 169 Å². The van der Waals surface area contributed by atoms with Crippen molar-refractivity contribution in [3.63, 3.8) is 0 Å². The number of rotatable bonds is 9. The number of carbonyl (C=O) groups is 1. The molecule has 0 bridgehead atoms. The van der Waals surface area contributed by atoms with Crippen LogP contribution in [0.4, 0.5) is 4.39 Å². The van der Waals surface area contributed by atoms with Gasteiger partial charge in [-0.15, -0.1) is 0 Å². The van der Waals surface area contributed by atoms with E-state index in [9.17, 15) is 33.3 Å². The first-order valence-corrected chi connectivity index (χ1v) is 11.4. The van der Waals surface area contributed by atoms with Crippen LogP contribution < -0.4 is 16.3 Å². The van der Waals surface area contributed by atoms with Crippen molar-refractivity contribution in [1.82, 2.24) is 14.6 Å². The van der Waals surface area contributed by atoms with Crippen molar-refractivity contribution in [3.05, 3.63) is 68.7 Å². The number of aliphatic hydroxyl groups is 1. The second kappa shape index (κ2) is 10.5. The second-order valence-electron chi connectivity index (χ2n) is 7.29. The first-order chi connectivity index (χ1) is 15.6. The molecule has 4 N–H and O–H groups in total. The lowest BCUT2D eigenvalue weighted by Crippen LogP contribution is -2.38. The van der Waals surface area contributed by atoms with Crippen molar-refractivity contribution in [2.75, 3.05) is 13.7 Å². The normalized spacial score (nSPS) is 23.1. The lowest BCUT2D eigenvalue weighted by Gasteiger charge is -2.22. The summed E-state index contributed by atoms with van der Waals surface area (Å²) in [4.78, 5) is 47.1. The lowest BCUT2D eigenvalue weighted by molar-refractivity contribution is -0.142. The SMILES string of the molecule is COC(=O)[C@H](Cc1ccccc1)NP(=O)(O)OC[C@H]1O[C@@H](n2cc(F)c(=O)[nH]c2=O)C[C@@H]1O. The van der Waals surface area contributed by atoms with Gasteiger partial charge < -0.3 is 19.5 Å². The van der Waals surface area contributed by atoms with Crippen molar-refractivity contribution >= 4 is 13.7 Å². The molecule has 0 saturated carbocycles. The van der Waals surface area contributed by atoms with E-state index in [1.54, 1.807) is 35.3 Å². The minimum Gasteiger partial charge on any atom is -0.468 e. The summed E-state index contributed by atoms with van der Waals surface area (Å²) in [6, 6.07) is 7.52. The van der Waals surface area contributed by atoms with E-state index in [0.29, 0.717) is 11.8 Å². The second-order valence-corrected chi connectivity index (χ2v) is 8.84. The molecule has 0 radical (unpaired) electrons. The highest BCUT2D eigenvalue weighted by Crippen LogP contribution is 2.40. The van der Waals surface area contributed by atoms with Crippen LogP contribution in [0.25, 0.3) is 0 Å². The fourth-order valence-electron chi connectivity index (χ4n) is 3.29. The number of benzene rings is 1. The molecule has 5 atom stereocenters. The number of hydrogen-bond donors (Lipinski definition) is 4. The Morgan fingerprint density at radius 1 is 1.39 bits per heavy atom. The quantitative estimate of drug-likeness (QED) is 0.275. The number of nitrogens with one attached hydrogen (secondary N) is 2. The number of hydrogen-bond acceptors (Lipinski definition) is 8.